The van der Waals surface area contributed by atoms with Crippen molar-refractivity contribution in [1.29, 1.82) is 0 Å². The molecule has 2 N–H and O–H groups in total. The molecule has 0 aliphatic carbocycles. The molecule has 4 nitrogen and oxygen atoms in total. The zero-order chi connectivity index (χ0) is 12.7. The summed E-state index contributed by atoms with van der Waals surface area (Å²) in [5, 5.41) is 11.6. The van der Waals surface area contributed by atoms with E-state index in [4.69, 9.17) is 0 Å². The van der Waals surface area contributed by atoms with E-state index in [9.17, 15) is 5.11 Å². The Morgan fingerprint density at radius 1 is 1.33 bits per heavy atom. The summed E-state index contributed by atoms with van der Waals surface area (Å²) in [5.74, 6) is 0.664. The van der Waals surface area contributed by atoms with Crippen LogP contribution in [0.5, 0.6) is 5.88 Å². The zero-order valence-electron chi connectivity index (χ0n) is 9.61. The molecule has 2 aromatic rings. The normalized spacial score (nSPS) is 15.9. The van der Waals surface area contributed by atoms with Crippen LogP contribution in [0.25, 0.3) is 10.6 Å². The molecular formula is C13H10BrN3O. The summed E-state index contributed by atoms with van der Waals surface area (Å²) in [4.78, 5) is 11.4. The Morgan fingerprint density at radius 3 is 2.78 bits per heavy atom. The number of halogens is 1. The predicted octanol–water partition coefficient (Wildman–Crippen LogP) is 1.60. The zero-order valence-corrected chi connectivity index (χ0v) is 11.2. The number of rotatable bonds is 1. The van der Waals surface area contributed by atoms with Crippen LogP contribution in [0.1, 0.15) is 11.5 Å². The lowest BCUT2D eigenvalue weighted by atomic mass is 10.2. The number of imidazole rings is 1. The summed E-state index contributed by atoms with van der Waals surface area (Å²) in [6.45, 7) is 1.79. The molecule has 0 spiro atoms. The number of fused-ring (bicyclic) bond motifs is 1. The van der Waals surface area contributed by atoms with Crippen LogP contribution < -0.4 is 10.6 Å². The number of allylic oxidation sites excluding steroid dienone is 1. The quantitative estimate of drug-likeness (QED) is 0.840. The van der Waals surface area contributed by atoms with Crippen molar-refractivity contribution < 1.29 is 5.11 Å². The third-order valence-corrected chi connectivity index (χ3v) is 3.55. The van der Waals surface area contributed by atoms with Gasteiger partial charge in [0.1, 0.15) is 11.5 Å². The number of H-pyrrole nitrogens is 1. The molecular weight excluding hydrogens is 294 g/mol. The van der Waals surface area contributed by atoms with E-state index >= 15 is 0 Å². The van der Waals surface area contributed by atoms with Crippen LogP contribution in [0.2, 0.25) is 0 Å². The Kier molecular flexibility index (Phi) is 2.56. The molecule has 1 aliphatic heterocycles. The van der Waals surface area contributed by atoms with Gasteiger partial charge in [-0.05, 0) is 35.0 Å². The average molecular weight is 304 g/mol. The Hall–Kier alpha value is -1.88. The second-order valence-electron chi connectivity index (χ2n) is 4.03. The van der Waals surface area contributed by atoms with E-state index in [2.05, 4.69) is 30.9 Å². The first-order valence-corrected chi connectivity index (χ1v) is 6.25. The van der Waals surface area contributed by atoms with Crippen molar-refractivity contribution in [3.63, 3.8) is 0 Å². The van der Waals surface area contributed by atoms with Crippen LogP contribution in [0.4, 0.5) is 0 Å². The standard InChI is InChI=1S/C13H10BrN3O/c1-7-15-11(13(18)16-7)6-10-12(14)8-4-2-3-5-9(8)17-10/h2-6,18H,1H3,(H,15,16)/b10-6-. The maximum absolute atomic E-state index is 9.64. The van der Waals surface area contributed by atoms with Gasteiger partial charge in [-0.2, -0.15) is 4.98 Å². The van der Waals surface area contributed by atoms with Crippen molar-refractivity contribution in [2.24, 2.45) is 4.99 Å². The minimum absolute atomic E-state index is 0.00791. The van der Waals surface area contributed by atoms with E-state index < -0.39 is 0 Å². The first-order valence-electron chi connectivity index (χ1n) is 5.46. The van der Waals surface area contributed by atoms with Crippen LogP contribution in [0, 0.1) is 6.92 Å². The maximum atomic E-state index is 9.64. The van der Waals surface area contributed by atoms with E-state index in [0.29, 0.717) is 11.5 Å². The van der Waals surface area contributed by atoms with Gasteiger partial charge in [0.15, 0.2) is 0 Å². The van der Waals surface area contributed by atoms with Crippen LogP contribution >= 0.6 is 15.9 Å². The van der Waals surface area contributed by atoms with Gasteiger partial charge in [-0.25, -0.2) is 4.99 Å². The van der Waals surface area contributed by atoms with Crippen LogP contribution in [-0.2, 0) is 0 Å². The highest BCUT2D eigenvalue weighted by Crippen LogP contribution is 2.25. The smallest absolute Gasteiger partial charge is 0.237 e. The lowest BCUT2D eigenvalue weighted by molar-refractivity contribution is 0.454. The number of aromatic amines is 1. The Balaban J connectivity index is 2.17. The van der Waals surface area contributed by atoms with Gasteiger partial charge in [-0.1, -0.05) is 18.2 Å². The largest absolute Gasteiger partial charge is 0.492 e. The van der Waals surface area contributed by atoms with E-state index in [1.54, 1.807) is 13.0 Å². The Labute approximate surface area is 112 Å². The van der Waals surface area contributed by atoms with Crippen molar-refractivity contribution in [2.45, 2.75) is 6.92 Å². The molecule has 0 amide bonds. The second-order valence-corrected chi connectivity index (χ2v) is 4.83. The molecule has 90 valence electrons. The molecule has 3 rings (SSSR count). The SMILES string of the molecule is Cc1nc(O)c(/C=C2\N=c3ccccc3=C2Br)[nH]1. The van der Waals surface area contributed by atoms with E-state index in [0.717, 1.165) is 20.8 Å². The molecule has 0 bridgehead atoms. The molecule has 0 saturated carbocycles. The summed E-state index contributed by atoms with van der Waals surface area (Å²) in [5.41, 5.74) is 1.34. The van der Waals surface area contributed by atoms with Crippen LogP contribution in [0.15, 0.2) is 35.0 Å². The van der Waals surface area contributed by atoms with Gasteiger partial charge in [0, 0.05) is 5.22 Å². The van der Waals surface area contributed by atoms with Gasteiger partial charge >= 0.3 is 0 Å². The number of hydrogen-bond acceptors (Lipinski definition) is 3. The molecule has 1 aromatic heterocycles. The summed E-state index contributed by atoms with van der Waals surface area (Å²) >= 11 is 3.53. The Morgan fingerprint density at radius 2 is 2.11 bits per heavy atom. The Bertz CT molecular complexity index is 774. The number of hydrogen-bond donors (Lipinski definition) is 2. The average Bonchev–Trinajstić information content (AvgIpc) is 2.82. The molecule has 1 aliphatic rings. The van der Waals surface area contributed by atoms with Gasteiger partial charge in [0.2, 0.25) is 5.88 Å². The summed E-state index contributed by atoms with van der Waals surface area (Å²) in [6.07, 6.45) is 1.78. The monoisotopic (exact) mass is 303 g/mol. The van der Waals surface area contributed by atoms with Crippen molar-refractivity contribution >= 4 is 26.5 Å². The third-order valence-electron chi connectivity index (χ3n) is 2.72. The third kappa shape index (κ3) is 1.76. The highest BCUT2D eigenvalue weighted by molar-refractivity contribution is 9.15. The lowest BCUT2D eigenvalue weighted by Crippen LogP contribution is -2.20. The van der Waals surface area contributed by atoms with Crippen molar-refractivity contribution in [3.05, 3.63) is 52.1 Å². The van der Waals surface area contributed by atoms with E-state index in [-0.39, 0.29) is 5.88 Å². The van der Waals surface area contributed by atoms with Gasteiger partial charge < -0.3 is 10.1 Å². The molecule has 0 saturated heterocycles. The van der Waals surface area contributed by atoms with Crippen molar-refractivity contribution in [1.82, 2.24) is 9.97 Å². The fourth-order valence-electron chi connectivity index (χ4n) is 1.90. The number of aryl methyl sites for hydroxylation is 1. The summed E-state index contributed by atoms with van der Waals surface area (Å²) in [6, 6.07) is 7.87. The first-order chi connectivity index (χ1) is 8.65. The number of benzene rings is 1. The number of para-hydroxylation sites is 1. The molecule has 18 heavy (non-hydrogen) atoms. The topological polar surface area (TPSA) is 61.3 Å². The van der Waals surface area contributed by atoms with Crippen LogP contribution in [0.3, 0.4) is 0 Å². The van der Waals surface area contributed by atoms with E-state index in [1.807, 2.05) is 24.3 Å². The van der Waals surface area contributed by atoms with Gasteiger partial charge in [-0.3, -0.25) is 0 Å². The summed E-state index contributed by atoms with van der Waals surface area (Å²) < 4.78 is 0.921. The van der Waals surface area contributed by atoms with Crippen molar-refractivity contribution in [3.8, 4) is 5.88 Å². The molecule has 0 unspecified atom stereocenters. The van der Waals surface area contributed by atoms with Gasteiger partial charge in [-0.15, -0.1) is 0 Å². The first kappa shape index (κ1) is 11.2. The number of nitrogens with zero attached hydrogens (tertiary/aromatic N) is 2. The minimum atomic E-state index is -0.00791. The fourth-order valence-corrected chi connectivity index (χ4v) is 2.44. The van der Waals surface area contributed by atoms with Crippen LogP contribution in [-0.4, -0.2) is 15.1 Å². The van der Waals surface area contributed by atoms with Crippen molar-refractivity contribution in [2.75, 3.05) is 0 Å². The highest BCUT2D eigenvalue weighted by Gasteiger charge is 2.12. The second kappa shape index (κ2) is 4.10. The molecule has 0 atom stereocenters. The predicted molar refractivity (Wildman–Crippen MR) is 72.5 cm³/mol. The number of aromatic nitrogens is 2. The molecule has 1 aromatic carbocycles. The lowest BCUT2D eigenvalue weighted by Gasteiger charge is -1.94. The fraction of sp³-hybridized carbons (Fsp3) is 0.0769. The van der Waals surface area contributed by atoms with Gasteiger partial charge in [0.25, 0.3) is 0 Å². The maximum Gasteiger partial charge on any atom is 0.237 e. The molecule has 0 fully saturated rings. The molecule has 5 heteroatoms. The summed E-state index contributed by atoms with van der Waals surface area (Å²) in [7, 11) is 0. The molecule has 2 heterocycles. The highest BCUT2D eigenvalue weighted by atomic mass is 79.9. The van der Waals surface area contributed by atoms with Gasteiger partial charge in [0.05, 0.1) is 15.5 Å². The number of nitrogens with one attached hydrogen (secondary N) is 1. The number of aromatic hydroxyl groups is 1. The minimum Gasteiger partial charge on any atom is -0.492 e. The molecule has 0 radical (unpaired) electrons. The van der Waals surface area contributed by atoms with E-state index in [1.165, 1.54) is 0 Å².